The zero-order valence-electron chi connectivity index (χ0n) is 14.4. The highest BCUT2D eigenvalue weighted by molar-refractivity contribution is 5.94. The summed E-state index contributed by atoms with van der Waals surface area (Å²) in [5.41, 5.74) is 0.367. The molecule has 0 radical (unpaired) electrons. The van der Waals surface area contributed by atoms with Gasteiger partial charge in [0.15, 0.2) is 0 Å². The zero-order chi connectivity index (χ0) is 19.1. The molecule has 0 saturated carbocycles. The SMILES string of the molecule is CN1C[C@H]2COC[C@@H]1CN(C(=O)c1cccc(OC(F)F)c1)C2.O=CO. The van der Waals surface area contributed by atoms with Crippen LogP contribution in [0.5, 0.6) is 5.75 Å². The average molecular weight is 372 g/mol. The molecule has 0 aliphatic carbocycles. The van der Waals surface area contributed by atoms with Crippen molar-refractivity contribution in [3.8, 4) is 5.75 Å². The molecule has 1 amide bonds. The summed E-state index contributed by atoms with van der Waals surface area (Å²) >= 11 is 0. The number of hydrogen-bond acceptors (Lipinski definition) is 5. The molecule has 2 fully saturated rings. The van der Waals surface area contributed by atoms with Gasteiger partial charge < -0.3 is 19.5 Å². The molecule has 2 atom stereocenters. The summed E-state index contributed by atoms with van der Waals surface area (Å²) < 4.78 is 34.7. The van der Waals surface area contributed by atoms with E-state index in [4.69, 9.17) is 14.6 Å². The van der Waals surface area contributed by atoms with Crippen LogP contribution in [0.2, 0.25) is 0 Å². The maximum Gasteiger partial charge on any atom is 0.387 e. The van der Waals surface area contributed by atoms with Gasteiger partial charge in [-0.15, -0.1) is 0 Å². The number of rotatable bonds is 3. The first-order chi connectivity index (χ1) is 12.4. The van der Waals surface area contributed by atoms with Crippen LogP contribution < -0.4 is 4.74 Å². The molecule has 2 aliphatic heterocycles. The molecule has 1 aromatic rings. The van der Waals surface area contributed by atoms with Gasteiger partial charge in [0, 0.05) is 31.1 Å². The predicted molar refractivity (Wildman–Crippen MR) is 88.4 cm³/mol. The van der Waals surface area contributed by atoms with Crippen LogP contribution >= 0.6 is 0 Å². The van der Waals surface area contributed by atoms with Crippen molar-refractivity contribution in [3.05, 3.63) is 29.8 Å². The molecule has 0 spiro atoms. The normalized spacial score (nSPS) is 22.8. The number of nitrogens with zero attached hydrogens (tertiary/aromatic N) is 2. The number of hydrogen-bond donors (Lipinski definition) is 1. The van der Waals surface area contributed by atoms with Crippen LogP contribution in [-0.2, 0) is 9.53 Å². The average Bonchev–Trinajstić information content (AvgIpc) is 2.83. The summed E-state index contributed by atoms with van der Waals surface area (Å²) in [7, 11) is 2.04. The van der Waals surface area contributed by atoms with Crippen molar-refractivity contribution in [1.29, 1.82) is 0 Å². The van der Waals surface area contributed by atoms with Crippen molar-refractivity contribution in [2.75, 3.05) is 39.9 Å². The van der Waals surface area contributed by atoms with Gasteiger partial charge in [0.25, 0.3) is 12.4 Å². The maximum atomic E-state index is 12.8. The van der Waals surface area contributed by atoms with Crippen LogP contribution in [0.15, 0.2) is 24.3 Å². The Bertz CT molecular complexity index is 617. The van der Waals surface area contributed by atoms with E-state index >= 15 is 0 Å². The van der Waals surface area contributed by atoms with Gasteiger partial charge in [-0.1, -0.05) is 6.07 Å². The number of fused-ring (bicyclic) bond motifs is 3. The van der Waals surface area contributed by atoms with Gasteiger partial charge in [0.05, 0.1) is 19.3 Å². The summed E-state index contributed by atoms with van der Waals surface area (Å²) in [5, 5.41) is 6.89. The Morgan fingerprint density at radius 3 is 2.77 bits per heavy atom. The lowest BCUT2D eigenvalue weighted by atomic mass is 10.1. The van der Waals surface area contributed by atoms with E-state index in [1.54, 1.807) is 17.0 Å². The second kappa shape index (κ2) is 9.44. The monoisotopic (exact) mass is 372 g/mol. The summed E-state index contributed by atoms with van der Waals surface area (Å²) in [5.74, 6) is 0.107. The number of carbonyl (C=O) groups is 2. The second-order valence-electron chi connectivity index (χ2n) is 6.22. The van der Waals surface area contributed by atoms with Gasteiger partial charge in [0.1, 0.15) is 5.75 Å². The molecule has 3 rings (SSSR count). The number of amides is 1. The van der Waals surface area contributed by atoms with Crippen LogP contribution in [0.3, 0.4) is 0 Å². The number of likely N-dealkylation sites (N-methyl/N-ethyl adjacent to an activating group) is 1. The van der Waals surface area contributed by atoms with Crippen LogP contribution in [0.4, 0.5) is 8.78 Å². The third-order valence-electron chi connectivity index (χ3n) is 4.34. The molecule has 144 valence electrons. The van der Waals surface area contributed by atoms with Crippen molar-refractivity contribution in [1.82, 2.24) is 9.80 Å². The van der Waals surface area contributed by atoms with E-state index < -0.39 is 6.61 Å². The molecule has 26 heavy (non-hydrogen) atoms. The van der Waals surface area contributed by atoms with E-state index in [1.165, 1.54) is 12.1 Å². The fourth-order valence-corrected chi connectivity index (χ4v) is 3.20. The second-order valence-corrected chi connectivity index (χ2v) is 6.22. The Kier molecular flexibility index (Phi) is 7.28. The number of alkyl halides is 2. The lowest BCUT2D eigenvalue weighted by molar-refractivity contribution is -0.122. The molecule has 0 unspecified atom stereocenters. The van der Waals surface area contributed by atoms with Crippen LogP contribution in [0, 0.1) is 5.92 Å². The third kappa shape index (κ3) is 5.37. The van der Waals surface area contributed by atoms with Gasteiger partial charge in [-0.05, 0) is 25.2 Å². The molecule has 2 heterocycles. The van der Waals surface area contributed by atoms with E-state index in [0.717, 1.165) is 6.54 Å². The van der Waals surface area contributed by atoms with E-state index in [0.29, 0.717) is 31.9 Å². The number of carboxylic acid groups (broad SMARTS) is 1. The molecule has 1 N–H and O–H groups in total. The highest BCUT2D eigenvalue weighted by atomic mass is 19.3. The molecule has 1 aromatic carbocycles. The molecular weight excluding hydrogens is 350 g/mol. The largest absolute Gasteiger partial charge is 0.483 e. The smallest absolute Gasteiger partial charge is 0.387 e. The van der Waals surface area contributed by atoms with Crippen LogP contribution in [0.25, 0.3) is 0 Å². The summed E-state index contributed by atoms with van der Waals surface area (Å²) in [6.07, 6.45) is 0. The Balaban J connectivity index is 0.000000758. The molecule has 2 saturated heterocycles. The summed E-state index contributed by atoms with van der Waals surface area (Å²) in [6, 6.07) is 6.13. The summed E-state index contributed by atoms with van der Waals surface area (Å²) in [4.78, 5) is 25.1. The van der Waals surface area contributed by atoms with Crippen molar-refractivity contribution in [3.63, 3.8) is 0 Å². The number of halogens is 2. The summed E-state index contributed by atoms with van der Waals surface area (Å²) in [6.45, 7) is 0.169. The van der Waals surface area contributed by atoms with E-state index in [-0.39, 0.29) is 30.1 Å². The van der Waals surface area contributed by atoms with E-state index in [1.807, 2.05) is 7.05 Å². The lowest BCUT2D eigenvalue weighted by Crippen LogP contribution is -2.44. The van der Waals surface area contributed by atoms with Gasteiger partial charge in [0.2, 0.25) is 0 Å². The molecule has 9 heteroatoms. The topological polar surface area (TPSA) is 79.3 Å². The molecule has 2 aliphatic rings. The first kappa shape index (κ1) is 20.1. The Hall–Kier alpha value is -2.26. The van der Waals surface area contributed by atoms with E-state index in [9.17, 15) is 13.6 Å². The Morgan fingerprint density at radius 2 is 2.08 bits per heavy atom. The van der Waals surface area contributed by atoms with Crippen molar-refractivity contribution < 1.29 is 33.0 Å². The van der Waals surface area contributed by atoms with Gasteiger partial charge in [-0.2, -0.15) is 8.78 Å². The van der Waals surface area contributed by atoms with Crippen molar-refractivity contribution in [2.45, 2.75) is 12.7 Å². The van der Waals surface area contributed by atoms with Crippen LogP contribution in [-0.4, -0.2) is 79.8 Å². The molecule has 0 aromatic heterocycles. The standard InChI is InChI=1S/C16H20F2N2O3.CH2O2/c1-19-6-11-7-20(8-13(19)10-22-9-11)15(21)12-3-2-4-14(5-12)23-16(17)18;2-1-3/h2-5,11,13,16H,6-10H2,1H3;1H,(H,2,3)/t11-,13+;/m1./s1. The minimum atomic E-state index is -2.90. The molecule has 2 bridgehead atoms. The minimum Gasteiger partial charge on any atom is -0.483 e. The molecule has 7 nitrogen and oxygen atoms in total. The van der Waals surface area contributed by atoms with Crippen molar-refractivity contribution >= 4 is 12.4 Å². The van der Waals surface area contributed by atoms with Gasteiger partial charge in [-0.3, -0.25) is 14.5 Å². The first-order valence-corrected chi connectivity index (χ1v) is 8.14. The fraction of sp³-hybridized carbons (Fsp3) is 0.529. The highest BCUT2D eigenvalue weighted by Gasteiger charge is 2.33. The highest BCUT2D eigenvalue weighted by Crippen LogP contribution is 2.22. The quantitative estimate of drug-likeness (QED) is 0.808. The van der Waals surface area contributed by atoms with Gasteiger partial charge >= 0.3 is 6.61 Å². The Morgan fingerprint density at radius 1 is 1.35 bits per heavy atom. The zero-order valence-corrected chi connectivity index (χ0v) is 14.4. The number of ether oxygens (including phenoxy) is 2. The van der Waals surface area contributed by atoms with Crippen LogP contribution in [0.1, 0.15) is 10.4 Å². The maximum absolute atomic E-state index is 12.8. The molecular formula is C17H22F2N2O5. The Labute approximate surface area is 150 Å². The van der Waals surface area contributed by atoms with Gasteiger partial charge in [-0.25, -0.2) is 0 Å². The van der Waals surface area contributed by atoms with E-state index in [2.05, 4.69) is 9.64 Å². The minimum absolute atomic E-state index is 0.00122. The predicted octanol–water partition coefficient (Wildman–Crippen LogP) is 1.39. The number of benzene rings is 1. The lowest BCUT2D eigenvalue weighted by Gasteiger charge is -2.29. The number of carbonyl (C=O) groups excluding carboxylic acids is 1. The fourth-order valence-electron chi connectivity index (χ4n) is 3.20. The first-order valence-electron chi connectivity index (χ1n) is 8.14. The van der Waals surface area contributed by atoms with Crippen molar-refractivity contribution in [2.24, 2.45) is 5.92 Å². The third-order valence-corrected chi connectivity index (χ3v) is 4.34.